The number of phenolic OH excluding ortho intramolecular Hbond substituents is 1. The molecule has 1 heterocycles. The second-order valence-electron chi connectivity index (χ2n) is 2.49. The van der Waals surface area contributed by atoms with Gasteiger partial charge in [0, 0.05) is 7.05 Å². The summed E-state index contributed by atoms with van der Waals surface area (Å²) >= 11 is 0. The molecule has 2 rings (SSSR count). The van der Waals surface area contributed by atoms with Gasteiger partial charge in [-0.15, -0.1) is 0 Å². The fourth-order valence-electron chi connectivity index (χ4n) is 1.21. The maximum absolute atomic E-state index is 9.40. The van der Waals surface area contributed by atoms with Gasteiger partial charge in [-0.25, -0.2) is 0 Å². The highest BCUT2D eigenvalue weighted by atomic mass is 16.3. The highest BCUT2D eigenvalue weighted by Gasteiger charge is 2.03. The Hall–Kier alpha value is -1.71. The van der Waals surface area contributed by atoms with Crippen LogP contribution in [0.25, 0.3) is 10.9 Å². The molecule has 0 spiro atoms. The van der Waals surface area contributed by atoms with Crippen molar-refractivity contribution in [1.82, 2.24) is 9.89 Å². The quantitative estimate of drug-likeness (QED) is 0.657. The van der Waals surface area contributed by atoms with Gasteiger partial charge in [0.2, 0.25) is 0 Å². The van der Waals surface area contributed by atoms with Gasteiger partial charge in [0.15, 0.2) is 0 Å². The van der Waals surface area contributed by atoms with Gasteiger partial charge in [0.05, 0.1) is 17.1 Å². The van der Waals surface area contributed by atoms with Crippen molar-refractivity contribution in [2.75, 3.05) is 12.5 Å². The van der Waals surface area contributed by atoms with Gasteiger partial charge >= 0.3 is 0 Å². The fourth-order valence-corrected chi connectivity index (χ4v) is 1.21. The van der Waals surface area contributed by atoms with Crippen LogP contribution in [0.5, 0.6) is 5.75 Å². The lowest BCUT2D eigenvalue weighted by Crippen LogP contribution is -2.09. The van der Waals surface area contributed by atoms with Gasteiger partial charge in [0.25, 0.3) is 0 Å². The SMILES string of the molecule is CNn1ncc2c(O)cccc21. The normalized spacial score (nSPS) is 10.4. The number of aromatic hydroxyl groups is 1. The third-order valence-electron chi connectivity index (χ3n) is 1.80. The number of nitrogens with zero attached hydrogens (tertiary/aromatic N) is 2. The number of hydrogen-bond donors (Lipinski definition) is 2. The molecular formula is C8H9N3O. The van der Waals surface area contributed by atoms with Crippen LogP contribution >= 0.6 is 0 Å². The summed E-state index contributed by atoms with van der Waals surface area (Å²) in [6, 6.07) is 5.32. The van der Waals surface area contributed by atoms with Gasteiger partial charge in [-0.05, 0) is 12.1 Å². The molecule has 0 unspecified atom stereocenters. The van der Waals surface area contributed by atoms with E-state index in [1.54, 1.807) is 30.2 Å². The molecule has 0 aliphatic rings. The molecule has 0 saturated heterocycles. The Kier molecular flexibility index (Phi) is 1.40. The summed E-state index contributed by atoms with van der Waals surface area (Å²) in [7, 11) is 1.77. The molecule has 0 atom stereocenters. The smallest absolute Gasteiger partial charge is 0.126 e. The first-order valence-corrected chi connectivity index (χ1v) is 3.66. The van der Waals surface area contributed by atoms with E-state index in [1.165, 1.54) is 0 Å². The summed E-state index contributed by atoms with van der Waals surface area (Å²) in [6.45, 7) is 0. The van der Waals surface area contributed by atoms with Gasteiger partial charge in [-0.2, -0.15) is 9.89 Å². The van der Waals surface area contributed by atoms with E-state index in [-0.39, 0.29) is 5.75 Å². The first-order chi connectivity index (χ1) is 5.83. The van der Waals surface area contributed by atoms with E-state index in [2.05, 4.69) is 10.5 Å². The van der Waals surface area contributed by atoms with Gasteiger partial charge in [-0.3, -0.25) is 0 Å². The predicted octanol–water partition coefficient (Wildman–Crippen LogP) is 0.915. The Labute approximate surface area is 69.4 Å². The number of rotatable bonds is 1. The highest BCUT2D eigenvalue weighted by molar-refractivity contribution is 5.84. The van der Waals surface area contributed by atoms with Crippen molar-refractivity contribution in [3.8, 4) is 5.75 Å². The Balaban J connectivity index is 2.80. The van der Waals surface area contributed by atoms with Crippen LogP contribution in [0, 0.1) is 0 Å². The van der Waals surface area contributed by atoms with Crippen molar-refractivity contribution < 1.29 is 5.11 Å². The van der Waals surface area contributed by atoms with Crippen LogP contribution in [0.1, 0.15) is 0 Å². The first-order valence-electron chi connectivity index (χ1n) is 3.66. The molecule has 0 bridgehead atoms. The standard InChI is InChI=1S/C8H9N3O/c1-9-11-7-3-2-4-8(12)6(7)5-10-11/h2-5,9,12H,1H3. The van der Waals surface area contributed by atoms with Gasteiger partial charge < -0.3 is 10.5 Å². The number of nitrogens with one attached hydrogen (secondary N) is 1. The Bertz CT molecular complexity index is 408. The summed E-state index contributed by atoms with van der Waals surface area (Å²) in [4.78, 5) is 1.61. The lowest BCUT2D eigenvalue weighted by Gasteiger charge is -1.99. The summed E-state index contributed by atoms with van der Waals surface area (Å²) in [6.07, 6.45) is 1.63. The minimum atomic E-state index is 0.258. The fraction of sp³-hybridized carbons (Fsp3) is 0.125. The monoisotopic (exact) mass is 163 g/mol. The predicted molar refractivity (Wildman–Crippen MR) is 46.7 cm³/mol. The number of aromatic nitrogens is 2. The summed E-state index contributed by atoms with van der Waals surface area (Å²) < 4.78 is 0. The van der Waals surface area contributed by atoms with Gasteiger partial charge in [0.1, 0.15) is 5.75 Å². The Morgan fingerprint density at radius 2 is 2.33 bits per heavy atom. The molecule has 2 N–H and O–H groups in total. The Morgan fingerprint density at radius 1 is 1.50 bits per heavy atom. The van der Waals surface area contributed by atoms with Crippen LogP contribution < -0.4 is 5.43 Å². The second-order valence-corrected chi connectivity index (χ2v) is 2.49. The van der Waals surface area contributed by atoms with Crippen molar-refractivity contribution >= 4 is 10.9 Å². The molecule has 62 valence electrons. The molecule has 12 heavy (non-hydrogen) atoms. The van der Waals surface area contributed by atoms with E-state index in [0.29, 0.717) is 0 Å². The molecule has 2 aromatic rings. The van der Waals surface area contributed by atoms with E-state index in [0.717, 1.165) is 10.9 Å². The molecular weight excluding hydrogens is 154 g/mol. The lowest BCUT2D eigenvalue weighted by molar-refractivity contribution is 0.481. The summed E-state index contributed by atoms with van der Waals surface area (Å²) in [5.41, 5.74) is 3.74. The highest BCUT2D eigenvalue weighted by Crippen LogP contribution is 2.22. The molecule has 0 fully saturated rings. The third-order valence-corrected chi connectivity index (χ3v) is 1.80. The molecule has 0 aliphatic carbocycles. The largest absolute Gasteiger partial charge is 0.507 e. The summed E-state index contributed by atoms with van der Waals surface area (Å²) in [5, 5.41) is 14.2. The minimum Gasteiger partial charge on any atom is -0.507 e. The van der Waals surface area contributed by atoms with E-state index in [9.17, 15) is 5.11 Å². The molecule has 0 amide bonds. The van der Waals surface area contributed by atoms with Crippen LogP contribution in [-0.4, -0.2) is 22.0 Å². The molecule has 4 nitrogen and oxygen atoms in total. The number of fused-ring (bicyclic) bond motifs is 1. The van der Waals surface area contributed by atoms with E-state index < -0.39 is 0 Å². The van der Waals surface area contributed by atoms with Crippen molar-refractivity contribution in [3.05, 3.63) is 24.4 Å². The lowest BCUT2D eigenvalue weighted by atomic mass is 10.2. The maximum Gasteiger partial charge on any atom is 0.126 e. The molecule has 0 saturated carbocycles. The second kappa shape index (κ2) is 2.41. The van der Waals surface area contributed by atoms with E-state index >= 15 is 0 Å². The van der Waals surface area contributed by atoms with Crippen LogP contribution in [0.4, 0.5) is 0 Å². The zero-order valence-electron chi connectivity index (χ0n) is 6.65. The maximum atomic E-state index is 9.40. The average molecular weight is 163 g/mol. The average Bonchev–Trinajstić information content (AvgIpc) is 2.49. The number of benzene rings is 1. The topological polar surface area (TPSA) is 50.1 Å². The minimum absolute atomic E-state index is 0.258. The van der Waals surface area contributed by atoms with Crippen molar-refractivity contribution in [3.63, 3.8) is 0 Å². The Morgan fingerprint density at radius 3 is 3.08 bits per heavy atom. The molecule has 1 aromatic carbocycles. The molecule has 4 heteroatoms. The van der Waals surface area contributed by atoms with Crippen molar-refractivity contribution in [2.45, 2.75) is 0 Å². The zero-order valence-corrected chi connectivity index (χ0v) is 6.65. The van der Waals surface area contributed by atoms with Crippen molar-refractivity contribution in [1.29, 1.82) is 0 Å². The van der Waals surface area contributed by atoms with Crippen LogP contribution in [0.2, 0.25) is 0 Å². The number of hydrogen-bond acceptors (Lipinski definition) is 3. The van der Waals surface area contributed by atoms with E-state index in [4.69, 9.17) is 0 Å². The van der Waals surface area contributed by atoms with Crippen LogP contribution in [0.3, 0.4) is 0 Å². The van der Waals surface area contributed by atoms with E-state index in [1.807, 2.05) is 6.07 Å². The van der Waals surface area contributed by atoms with Crippen molar-refractivity contribution in [2.24, 2.45) is 0 Å². The third kappa shape index (κ3) is 0.812. The van der Waals surface area contributed by atoms with Crippen LogP contribution in [-0.2, 0) is 0 Å². The number of phenols is 1. The molecule has 0 aliphatic heterocycles. The van der Waals surface area contributed by atoms with Crippen LogP contribution in [0.15, 0.2) is 24.4 Å². The first kappa shape index (κ1) is 6.97. The van der Waals surface area contributed by atoms with Gasteiger partial charge in [-0.1, -0.05) is 6.07 Å². The molecule has 0 radical (unpaired) electrons. The summed E-state index contributed by atoms with van der Waals surface area (Å²) in [5.74, 6) is 0.258. The molecule has 1 aromatic heterocycles. The zero-order chi connectivity index (χ0) is 8.55.